The number of hydrazine groups is 1. The number of allylic oxidation sites excluding steroid dienone is 1. The van der Waals surface area contributed by atoms with Crippen LogP contribution >= 0.6 is 24.0 Å². The molecule has 4 aromatic rings. The van der Waals surface area contributed by atoms with E-state index in [2.05, 4.69) is 70.2 Å². The van der Waals surface area contributed by atoms with Gasteiger partial charge < -0.3 is 4.74 Å². The van der Waals surface area contributed by atoms with Crippen molar-refractivity contribution in [2.45, 2.75) is 39.1 Å². The number of thioether (sulfide) groups is 1. The molecule has 1 N–H and O–H groups in total. The molecule has 6 rings (SSSR count). The zero-order chi connectivity index (χ0) is 31.9. The van der Waals surface area contributed by atoms with Gasteiger partial charge in [-0.15, -0.1) is 18.3 Å². The van der Waals surface area contributed by atoms with Gasteiger partial charge in [-0.3, -0.25) is 10.3 Å². The van der Waals surface area contributed by atoms with E-state index in [1.807, 2.05) is 36.3 Å². The Balaban J connectivity index is 1.10. The lowest BCUT2D eigenvalue weighted by molar-refractivity contribution is -0.274. The summed E-state index contributed by atoms with van der Waals surface area (Å²) >= 11 is 7.34. The van der Waals surface area contributed by atoms with E-state index < -0.39 is 6.36 Å². The van der Waals surface area contributed by atoms with Crippen molar-refractivity contribution in [1.29, 1.82) is 0 Å². The first kappa shape index (κ1) is 30.8. The molecule has 1 aromatic heterocycles. The molecule has 1 saturated heterocycles. The molecule has 0 saturated carbocycles. The second kappa shape index (κ2) is 12.3. The summed E-state index contributed by atoms with van der Waals surface area (Å²) in [4.78, 5) is 11.4. The van der Waals surface area contributed by atoms with Gasteiger partial charge in [0.15, 0.2) is 11.0 Å². The van der Waals surface area contributed by atoms with Crippen LogP contribution in [0.4, 0.5) is 18.9 Å². The Hall–Kier alpha value is -4.20. The Kier molecular flexibility index (Phi) is 8.42. The highest BCUT2D eigenvalue weighted by Crippen LogP contribution is 2.43. The number of amidine groups is 1. The first-order valence-electron chi connectivity index (χ1n) is 14.2. The predicted molar refractivity (Wildman–Crippen MR) is 175 cm³/mol. The number of halogens is 3. The smallest absolute Gasteiger partial charge is 0.406 e. The van der Waals surface area contributed by atoms with Gasteiger partial charge in [0.05, 0.1) is 17.4 Å². The Morgan fingerprint density at radius 2 is 1.87 bits per heavy atom. The number of hydrogen-bond acceptors (Lipinski definition) is 6. The third-order valence-electron chi connectivity index (χ3n) is 7.72. The predicted octanol–water partition coefficient (Wildman–Crippen LogP) is 7.53. The molecule has 1 fully saturated rings. The number of thiocarbonyl (C=S) groups is 1. The molecule has 0 amide bonds. The standard InChI is InChI=1S/C32H30F3N7OS2/c1-19-5-14-27-20(2)16-25-17-45-31(42(25)28(27)15-19)37-30(44)39-40(4)21(3)22-6-8-23(9-7-22)29-36-18-41(38-29)24-10-12-26(13-11-24)43-32(33,34)35/h5-16,18,20-21H,17H2,1-4H3,(H,39,44)/b37-31-. The summed E-state index contributed by atoms with van der Waals surface area (Å²) < 4.78 is 42.8. The number of anilines is 1. The fraction of sp³-hybridized carbons (Fsp3) is 0.250. The van der Waals surface area contributed by atoms with E-state index in [1.54, 1.807) is 11.8 Å². The van der Waals surface area contributed by atoms with E-state index in [9.17, 15) is 13.2 Å². The number of rotatable bonds is 6. The van der Waals surface area contributed by atoms with Gasteiger partial charge in [0, 0.05) is 30.0 Å². The van der Waals surface area contributed by atoms with E-state index in [0.29, 0.717) is 22.5 Å². The molecule has 2 aliphatic heterocycles. The molecule has 0 radical (unpaired) electrons. The molecule has 13 heteroatoms. The van der Waals surface area contributed by atoms with Crippen LogP contribution in [0, 0.1) is 6.92 Å². The second-order valence-corrected chi connectivity index (χ2v) is 12.2. The van der Waals surface area contributed by atoms with Crippen LogP contribution in [0.5, 0.6) is 5.75 Å². The first-order chi connectivity index (χ1) is 21.4. The quantitative estimate of drug-likeness (QED) is 0.170. The number of ether oxygens (including phenoxy) is 1. The fourth-order valence-corrected chi connectivity index (χ4v) is 6.57. The van der Waals surface area contributed by atoms with Gasteiger partial charge >= 0.3 is 6.36 Å². The number of fused-ring (bicyclic) bond motifs is 3. The Bertz CT molecular complexity index is 1790. The third kappa shape index (κ3) is 6.75. The lowest BCUT2D eigenvalue weighted by atomic mass is 9.93. The Morgan fingerprint density at radius 1 is 1.13 bits per heavy atom. The van der Waals surface area contributed by atoms with Gasteiger partial charge in [-0.05, 0) is 73.1 Å². The largest absolute Gasteiger partial charge is 0.573 e. The number of aliphatic imine (C=N–C) groups is 1. The maximum absolute atomic E-state index is 12.4. The lowest BCUT2D eigenvalue weighted by Gasteiger charge is -2.30. The maximum Gasteiger partial charge on any atom is 0.573 e. The minimum atomic E-state index is -4.74. The molecule has 2 aliphatic rings. The SMILES string of the molecule is Cc1ccc2c(c1)N1C(=CC2C)CS/C1=N\C(=S)NN(C)C(C)c1ccc(-c2ncn(-c3ccc(OC(F)(F)F)cc3)n2)cc1. The van der Waals surface area contributed by atoms with Crippen LogP contribution in [-0.2, 0) is 0 Å². The number of nitrogens with zero attached hydrogens (tertiary/aromatic N) is 6. The van der Waals surface area contributed by atoms with Gasteiger partial charge in [0.1, 0.15) is 12.1 Å². The topological polar surface area (TPSA) is 70.8 Å². The van der Waals surface area contributed by atoms with Crippen LogP contribution in [0.3, 0.4) is 0 Å². The van der Waals surface area contributed by atoms with Crippen molar-refractivity contribution in [3.05, 3.63) is 102 Å². The minimum absolute atomic E-state index is 0.0361. The number of aromatic nitrogens is 3. The zero-order valence-electron chi connectivity index (χ0n) is 24.9. The van der Waals surface area contributed by atoms with Crippen molar-refractivity contribution in [1.82, 2.24) is 25.2 Å². The summed E-state index contributed by atoms with van der Waals surface area (Å²) in [5.41, 5.74) is 10.5. The van der Waals surface area contributed by atoms with Gasteiger partial charge in [0.2, 0.25) is 5.11 Å². The van der Waals surface area contributed by atoms with Gasteiger partial charge in [-0.2, -0.15) is 4.99 Å². The number of alkyl halides is 3. The molecule has 8 nitrogen and oxygen atoms in total. The van der Waals surface area contributed by atoms with Crippen molar-refractivity contribution in [3.63, 3.8) is 0 Å². The highest BCUT2D eigenvalue weighted by Gasteiger charge is 2.33. The number of benzene rings is 3. The average molecular weight is 650 g/mol. The molecular formula is C32H30F3N7OS2. The van der Waals surface area contributed by atoms with Crippen molar-refractivity contribution in [3.8, 4) is 22.8 Å². The zero-order valence-corrected chi connectivity index (χ0v) is 26.5. The highest BCUT2D eigenvalue weighted by atomic mass is 32.2. The second-order valence-electron chi connectivity index (χ2n) is 10.9. The third-order valence-corrected chi connectivity index (χ3v) is 8.87. The van der Waals surface area contributed by atoms with Gasteiger partial charge in [0.25, 0.3) is 0 Å². The number of hydrogen-bond donors (Lipinski definition) is 1. The molecular weight excluding hydrogens is 620 g/mol. The summed E-state index contributed by atoms with van der Waals surface area (Å²) in [6, 6.07) is 19.8. The summed E-state index contributed by atoms with van der Waals surface area (Å²) in [6.45, 7) is 6.39. The van der Waals surface area contributed by atoms with Gasteiger partial charge in [-0.25, -0.2) is 14.7 Å². The highest BCUT2D eigenvalue weighted by molar-refractivity contribution is 8.14. The summed E-state index contributed by atoms with van der Waals surface area (Å²) in [5, 5.41) is 7.65. The molecule has 2 unspecified atom stereocenters. The average Bonchev–Trinajstić information content (AvgIpc) is 3.64. The summed E-state index contributed by atoms with van der Waals surface area (Å²) in [7, 11) is 1.92. The number of nitrogens with one attached hydrogen (secondary N) is 1. The lowest BCUT2D eigenvalue weighted by Crippen LogP contribution is -2.40. The van der Waals surface area contributed by atoms with Crippen molar-refractivity contribution < 1.29 is 17.9 Å². The van der Waals surface area contributed by atoms with Crippen LogP contribution in [0.1, 0.15) is 42.5 Å². The van der Waals surface area contributed by atoms with Crippen LogP contribution in [0.2, 0.25) is 0 Å². The molecule has 0 spiro atoms. The molecule has 0 aliphatic carbocycles. The molecule has 0 bridgehead atoms. The maximum atomic E-state index is 12.4. The Morgan fingerprint density at radius 3 is 2.58 bits per heavy atom. The van der Waals surface area contributed by atoms with Crippen LogP contribution in [0.15, 0.2) is 89.8 Å². The van der Waals surface area contributed by atoms with E-state index in [-0.39, 0.29) is 11.8 Å². The van der Waals surface area contributed by atoms with Crippen LogP contribution in [0.25, 0.3) is 17.1 Å². The molecule has 3 aromatic carbocycles. The molecule has 2 atom stereocenters. The number of aryl methyl sites for hydroxylation is 1. The summed E-state index contributed by atoms with van der Waals surface area (Å²) in [5.74, 6) is 1.39. The minimum Gasteiger partial charge on any atom is -0.406 e. The monoisotopic (exact) mass is 649 g/mol. The first-order valence-corrected chi connectivity index (χ1v) is 15.6. The van der Waals surface area contributed by atoms with E-state index >= 15 is 0 Å². The van der Waals surface area contributed by atoms with Crippen LogP contribution < -0.4 is 15.1 Å². The van der Waals surface area contributed by atoms with Crippen molar-refractivity contribution in [2.24, 2.45) is 4.99 Å². The summed E-state index contributed by atoms with van der Waals surface area (Å²) in [6.07, 6.45) is -0.931. The normalized spacial score (nSPS) is 17.6. The van der Waals surface area contributed by atoms with Crippen LogP contribution in [-0.4, -0.2) is 49.2 Å². The molecule has 45 heavy (non-hydrogen) atoms. The van der Waals surface area contributed by atoms with Crippen molar-refractivity contribution in [2.75, 3.05) is 17.7 Å². The molecule has 3 heterocycles. The van der Waals surface area contributed by atoms with Crippen molar-refractivity contribution >= 4 is 39.9 Å². The fourth-order valence-electron chi connectivity index (χ4n) is 5.28. The van der Waals surface area contributed by atoms with E-state index in [4.69, 9.17) is 17.2 Å². The Labute approximate surface area is 268 Å². The molecule has 232 valence electrons. The van der Waals surface area contributed by atoms with E-state index in [1.165, 1.54) is 57.8 Å². The van der Waals surface area contributed by atoms with Gasteiger partial charge in [-0.1, -0.05) is 61.2 Å². The van der Waals surface area contributed by atoms with E-state index in [0.717, 1.165) is 22.0 Å².